The van der Waals surface area contributed by atoms with E-state index < -0.39 is 0 Å². The maximum Gasteiger partial charge on any atom is 0.272 e. The summed E-state index contributed by atoms with van der Waals surface area (Å²) in [5.74, 6) is 1.35. The zero-order valence-corrected chi connectivity index (χ0v) is 19.3. The standard InChI is InChI=1S/C26H27N7O/c1-17-13-21-14-19(8-10-23(21)31-24(17)27)25(34)33(32(2)26-28-11-4-12-29-26)16-22-9-7-20(15-30-22)18-5-3-6-18/h4,7-15,18H,3,5-6,16H2,1-2H3,(H2,27,31). The number of nitrogens with zero attached hydrogens (tertiary/aromatic N) is 6. The van der Waals surface area contributed by atoms with E-state index in [1.54, 1.807) is 41.6 Å². The summed E-state index contributed by atoms with van der Waals surface area (Å²) < 4.78 is 0. The first-order valence-electron chi connectivity index (χ1n) is 11.4. The van der Waals surface area contributed by atoms with Crippen LogP contribution >= 0.6 is 0 Å². The second kappa shape index (κ2) is 9.05. The van der Waals surface area contributed by atoms with Crippen LogP contribution in [0.15, 0.2) is 61.1 Å². The molecule has 8 heteroatoms. The van der Waals surface area contributed by atoms with E-state index in [2.05, 4.69) is 26.0 Å². The Labute approximate surface area is 198 Å². The highest BCUT2D eigenvalue weighted by Gasteiger charge is 2.24. The quantitative estimate of drug-likeness (QED) is 0.435. The molecule has 0 unspecified atom stereocenters. The Morgan fingerprint density at radius 2 is 1.88 bits per heavy atom. The average molecular weight is 454 g/mol. The van der Waals surface area contributed by atoms with Crippen LogP contribution in [0, 0.1) is 6.92 Å². The summed E-state index contributed by atoms with van der Waals surface area (Å²) >= 11 is 0. The molecule has 8 nitrogen and oxygen atoms in total. The molecule has 34 heavy (non-hydrogen) atoms. The molecule has 0 saturated heterocycles. The minimum absolute atomic E-state index is 0.184. The highest BCUT2D eigenvalue weighted by atomic mass is 16.2. The third-order valence-corrected chi connectivity index (χ3v) is 6.47. The predicted octanol–water partition coefficient (Wildman–Crippen LogP) is 4.27. The summed E-state index contributed by atoms with van der Waals surface area (Å²) in [6.07, 6.45) is 8.98. The van der Waals surface area contributed by atoms with E-state index in [4.69, 9.17) is 5.73 Å². The van der Waals surface area contributed by atoms with E-state index in [0.717, 1.165) is 22.2 Å². The molecule has 0 spiro atoms. The van der Waals surface area contributed by atoms with E-state index in [-0.39, 0.29) is 12.5 Å². The Bertz CT molecular complexity index is 1320. The van der Waals surface area contributed by atoms with Crippen LogP contribution in [0.5, 0.6) is 0 Å². The van der Waals surface area contributed by atoms with Gasteiger partial charge in [-0.15, -0.1) is 0 Å². The zero-order chi connectivity index (χ0) is 23.7. The van der Waals surface area contributed by atoms with Gasteiger partial charge in [-0.1, -0.05) is 12.5 Å². The molecular formula is C26H27N7O. The molecule has 0 radical (unpaired) electrons. The molecule has 172 valence electrons. The second-order valence-electron chi connectivity index (χ2n) is 8.74. The number of carbonyl (C=O) groups is 1. The number of anilines is 2. The molecule has 3 heterocycles. The van der Waals surface area contributed by atoms with E-state index in [1.165, 1.54) is 24.8 Å². The average Bonchev–Trinajstić information content (AvgIpc) is 2.82. The van der Waals surface area contributed by atoms with Crippen LogP contribution in [0.2, 0.25) is 0 Å². The summed E-state index contributed by atoms with van der Waals surface area (Å²) in [5, 5.41) is 4.14. The first kappa shape index (κ1) is 21.8. The van der Waals surface area contributed by atoms with Gasteiger partial charge in [-0.2, -0.15) is 0 Å². The van der Waals surface area contributed by atoms with Crippen LogP contribution in [0.25, 0.3) is 10.9 Å². The molecule has 0 bridgehead atoms. The number of rotatable bonds is 6. The molecule has 5 rings (SSSR count). The van der Waals surface area contributed by atoms with Crippen LogP contribution in [0.3, 0.4) is 0 Å². The summed E-state index contributed by atoms with van der Waals surface area (Å²) in [6.45, 7) is 2.19. The number of aryl methyl sites for hydroxylation is 1. The minimum Gasteiger partial charge on any atom is -0.383 e. The molecule has 1 amide bonds. The van der Waals surface area contributed by atoms with Crippen LogP contribution in [0.1, 0.15) is 52.4 Å². The predicted molar refractivity (Wildman–Crippen MR) is 132 cm³/mol. The molecule has 3 aromatic heterocycles. The maximum atomic E-state index is 13.7. The van der Waals surface area contributed by atoms with Crippen molar-refractivity contribution >= 4 is 28.6 Å². The lowest BCUT2D eigenvalue weighted by molar-refractivity contribution is 0.0727. The van der Waals surface area contributed by atoms with Gasteiger partial charge in [0.05, 0.1) is 17.8 Å². The zero-order valence-electron chi connectivity index (χ0n) is 19.3. The minimum atomic E-state index is -0.184. The van der Waals surface area contributed by atoms with E-state index in [1.807, 2.05) is 37.4 Å². The highest BCUT2D eigenvalue weighted by molar-refractivity contribution is 5.98. The summed E-state index contributed by atoms with van der Waals surface area (Å²) in [7, 11) is 1.78. The van der Waals surface area contributed by atoms with Crippen LogP contribution in [-0.4, -0.2) is 37.9 Å². The Morgan fingerprint density at radius 3 is 2.56 bits per heavy atom. The third kappa shape index (κ3) is 4.26. The Hall–Kier alpha value is -4.07. The van der Waals surface area contributed by atoms with Gasteiger partial charge in [0.1, 0.15) is 5.82 Å². The monoisotopic (exact) mass is 453 g/mol. The number of aromatic nitrogens is 4. The van der Waals surface area contributed by atoms with Gasteiger partial charge in [0.15, 0.2) is 0 Å². The van der Waals surface area contributed by atoms with Crippen molar-refractivity contribution in [3.05, 3.63) is 83.4 Å². The van der Waals surface area contributed by atoms with Gasteiger partial charge in [-0.25, -0.2) is 20.0 Å². The molecule has 2 N–H and O–H groups in total. The molecule has 0 aliphatic heterocycles. The Kier molecular flexibility index (Phi) is 5.79. The fraction of sp³-hybridized carbons (Fsp3) is 0.269. The number of nitrogen functional groups attached to an aromatic ring is 1. The number of hydrazine groups is 1. The maximum absolute atomic E-state index is 13.7. The molecule has 4 aromatic rings. The van der Waals surface area contributed by atoms with Gasteiger partial charge in [0, 0.05) is 36.6 Å². The largest absolute Gasteiger partial charge is 0.383 e. The normalized spacial score (nSPS) is 13.5. The molecule has 1 aromatic carbocycles. The summed E-state index contributed by atoms with van der Waals surface area (Å²) in [4.78, 5) is 31.5. The number of fused-ring (bicyclic) bond motifs is 1. The fourth-order valence-electron chi connectivity index (χ4n) is 4.13. The van der Waals surface area contributed by atoms with Crippen molar-refractivity contribution in [3.63, 3.8) is 0 Å². The van der Waals surface area contributed by atoms with Crippen molar-refractivity contribution in [1.29, 1.82) is 0 Å². The Morgan fingerprint density at radius 1 is 1.09 bits per heavy atom. The summed E-state index contributed by atoms with van der Waals surface area (Å²) in [6, 6.07) is 13.3. The van der Waals surface area contributed by atoms with E-state index in [9.17, 15) is 4.79 Å². The SMILES string of the molecule is Cc1cc2cc(C(=O)N(Cc3ccc(C4CCC4)cn3)N(C)c3ncccn3)ccc2nc1N. The van der Waals surface area contributed by atoms with Gasteiger partial charge in [-0.3, -0.25) is 14.8 Å². The van der Waals surface area contributed by atoms with Crippen molar-refractivity contribution in [1.82, 2.24) is 24.9 Å². The van der Waals surface area contributed by atoms with Gasteiger partial charge in [0.2, 0.25) is 5.95 Å². The van der Waals surface area contributed by atoms with Crippen molar-refractivity contribution < 1.29 is 4.79 Å². The lowest BCUT2D eigenvalue weighted by Gasteiger charge is -2.32. The van der Waals surface area contributed by atoms with Gasteiger partial charge in [0.25, 0.3) is 5.91 Å². The second-order valence-corrected chi connectivity index (χ2v) is 8.74. The molecule has 1 aliphatic rings. The number of pyridine rings is 2. The van der Waals surface area contributed by atoms with Gasteiger partial charge in [-0.05, 0) is 73.2 Å². The highest BCUT2D eigenvalue weighted by Crippen LogP contribution is 2.35. The number of nitrogens with two attached hydrogens (primary N) is 1. The number of amides is 1. The number of hydrogen-bond donors (Lipinski definition) is 1. The smallest absolute Gasteiger partial charge is 0.272 e. The Balaban J connectivity index is 1.47. The lowest BCUT2D eigenvalue weighted by atomic mass is 9.81. The van der Waals surface area contributed by atoms with Crippen molar-refractivity contribution in [2.45, 2.75) is 38.6 Å². The first-order chi connectivity index (χ1) is 16.5. The van der Waals surface area contributed by atoms with Crippen LogP contribution < -0.4 is 10.7 Å². The molecule has 1 saturated carbocycles. The van der Waals surface area contributed by atoms with Gasteiger partial charge >= 0.3 is 0 Å². The number of benzene rings is 1. The molecular weight excluding hydrogens is 426 g/mol. The third-order valence-electron chi connectivity index (χ3n) is 6.47. The van der Waals surface area contributed by atoms with Crippen LogP contribution in [0.4, 0.5) is 11.8 Å². The molecule has 1 aliphatic carbocycles. The fourth-order valence-corrected chi connectivity index (χ4v) is 4.13. The topological polar surface area (TPSA) is 101 Å². The number of carbonyl (C=O) groups excluding carboxylic acids is 1. The van der Waals surface area contributed by atoms with E-state index in [0.29, 0.717) is 23.2 Å². The number of hydrogen-bond acceptors (Lipinski definition) is 7. The van der Waals surface area contributed by atoms with E-state index >= 15 is 0 Å². The molecule has 0 atom stereocenters. The lowest BCUT2D eigenvalue weighted by Crippen LogP contribution is -2.45. The van der Waals surface area contributed by atoms with Gasteiger partial charge < -0.3 is 5.73 Å². The van der Waals surface area contributed by atoms with Crippen molar-refractivity contribution in [3.8, 4) is 0 Å². The van der Waals surface area contributed by atoms with Crippen molar-refractivity contribution in [2.24, 2.45) is 0 Å². The first-order valence-corrected chi connectivity index (χ1v) is 11.4. The van der Waals surface area contributed by atoms with Crippen LogP contribution in [-0.2, 0) is 6.54 Å². The summed E-state index contributed by atoms with van der Waals surface area (Å²) in [5.41, 5.74) is 10.2. The van der Waals surface area contributed by atoms with Crippen molar-refractivity contribution in [2.75, 3.05) is 17.8 Å². The molecule has 1 fully saturated rings.